The van der Waals surface area contributed by atoms with Crippen LogP contribution in [0.15, 0.2) is 18.2 Å². The van der Waals surface area contributed by atoms with Crippen LogP contribution < -0.4 is 9.47 Å². The van der Waals surface area contributed by atoms with Crippen molar-refractivity contribution in [1.29, 1.82) is 0 Å². The van der Waals surface area contributed by atoms with E-state index in [1.807, 2.05) is 12.1 Å². The lowest BCUT2D eigenvalue weighted by Gasteiger charge is -2.42. The molecule has 1 heterocycles. The number of methoxy groups -OCH3 is 1. The Morgan fingerprint density at radius 3 is 2.82 bits per heavy atom. The fourth-order valence-electron chi connectivity index (χ4n) is 2.37. The smallest absolute Gasteiger partial charge is 0.169 e. The fraction of sp³-hybridized carbons (Fsp3) is 0.357. The Labute approximate surface area is 100 Å². The first-order valence-corrected chi connectivity index (χ1v) is 5.82. The van der Waals surface area contributed by atoms with Crippen LogP contribution in [0.3, 0.4) is 0 Å². The summed E-state index contributed by atoms with van der Waals surface area (Å²) >= 11 is 0. The highest BCUT2D eigenvalue weighted by Crippen LogP contribution is 2.46. The second-order valence-electron chi connectivity index (χ2n) is 4.61. The van der Waals surface area contributed by atoms with Gasteiger partial charge in [0.1, 0.15) is 11.9 Å². The van der Waals surface area contributed by atoms with Gasteiger partial charge in [-0.2, -0.15) is 0 Å². The van der Waals surface area contributed by atoms with Crippen LogP contribution in [-0.2, 0) is 0 Å². The molecule has 88 valence electrons. The molecule has 1 fully saturated rings. The second-order valence-corrected chi connectivity index (χ2v) is 4.61. The lowest BCUT2D eigenvalue weighted by atomic mass is 9.78. The summed E-state index contributed by atoms with van der Waals surface area (Å²) in [5.74, 6) is 1.40. The molecule has 2 aliphatic rings. The first-order valence-electron chi connectivity index (χ1n) is 5.82. The van der Waals surface area contributed by atoms with Gasteiger partial charge in [-0.15, -0.1) is 0 Å². The predicted octanol–water partition coefficient (Wildman–Crippen LogP) is 2.84. The Morgan fingerprint density at radius 1 is 1.41 bits per heavy atom. The minimum atomic E-state index is -0.122. The first-order chi connectivity index (χ1) is 8.26. The average Bonchev–Trinajstić information content (AvgIpc) is 2.34. The number of hydrogen-bond donors (Lipinski definition) is 0. The Hall–Kier alpha value is -1.77. The molecule has 0 radical (unpaired) electrons. The van der Waals surface area contributed by atoms with Gasteiger partial charge in [0.25, 0.3) is 0 Å². The van der Waals surface area contributed by atoms with Gasteiger partial charge in [-0.25, -0.2) is 0 Å². The van der Waals surface area contributed by atoms with E-state index in [4.69, 9.17) is 9.47 Å². The van der Waals surface area contributed by atoms with E-state index in [1.54, 1.807) is 13.2 Å². The predicted molar refractivity (Wildman–Crippen MR) is 64.6 cm³/mol. The van der Waals surface area contributed by atoms with E-state index in [0.29, 0.717) is 11.3 Å². The van der Waals surface area contributed by atoms with E-state index in [0.717, 1.165) is 30.4 Å². The topological polar surface area (TPSA) is 35.5 Å². The van der Waals surface area contributed by atoms with Crippen molar-refractivity contribution in [2.45, 2.75) is 24.9 Å². The van der Waals surface area contributed by atoms with Gasteiger partial charge < -0.3 is 9.47 Å². The van der Waals surface area contributed by atoms with Gasteiger partial charge >= 0.3 is 0 Å². The molecule has 3 heteroatoms. The molecule has 0 unspecified atom stereocenters. The molecule has 3 rings (SSSR count). The van der Waals surface area contributed by atoms with Crippen LogP contribution in [-0.4, -0.2) is 19.0 Å². The maximum Gasteiger partial charge on any atom is 0.169 e. The zero-order valence-corrected chi connectivity index (χ0v) is 9.73. The van der Waals surface area contributed by atoms with Gasteiger partial charge in [0, 0.05) is 11.1 Å². The van der Waals surface area contributed by atoms with Crippen molar-refractivity contribution in [3.05, 3.63) is 29.3 Å². The largest absolute Gasteiger partial charge is 0.493 e. The third-order valence-electron chi connectivity index (χ3n) is 3.53. The van der Waals surface area contributed by atoms with Crippen molar-refractivity contribution in [2.24, 2.45) is 0 Å². The quantitative estimate of drug-likeness (QED) is 0.733. The zero-order valence-electron chi connectivity index (χ0n) is 9.73. The number of hydrogen-bond acceptors (Lipinski definition) is 3. The number of carbonyl (C=O) groups excluding carboxylic acids is 1. The fourth-order valence-corrected chi connectivity index (χ4v) is 2.37. The second kappa shape index (κ2) is 3.62. The zero-order chi connectivity index (χ0) is 11.9. The molecule has 0 N–H and O–H groups in total. The molecule has 1 aliphatic carbocycles. The van der Waals surface area contributed by atoms with Gasteiger partial charge in [-0.05, 0) is 37.5 Å². The molecule has 0 saturated heterocycles. The van der Waals surface area contributed by atoms with E-state index in [-0.39, 0.29) is 5.60 Å². The van der Waals surface area contributed by atoms with Gasteiger partial charge in [0.05, 0.1) is 7.11 Å². The van der Waals surface area contributed by atoms with Crippen LogP contribution in [0.1, 0.15) is 35.2 Å². The summed E-state index contributed by atoms with van der Waals surface area (Å²) in [4.78, 5) is 10.8. The highest BCUT2D eigenvalue weighted by molar-refractivity contribution is 5.80. The Balaban J connectivity index is 2.08. The van der Waals surface area contributed by atoms with E-state index in [2.05, 4.69) is 6.08 Å². The van der Waals surface area contributed by atoms with Crippen LogP contribution in [0.2, 0.25) is 0 Å². The monoisotopic (exact) mass is 230 g/mol. The van der Waals surface area contributed by atoms with Gasteiger partial charge in [0.2, 0.25) is 0 Å². The van der Waals surface area contributed by atoms with Crippen molar-refractivity contribution >= 4 is 12.4 Å². The minimum absolute atomic E-state index is 0.122. The molecular weight excluding hydrogens is 216 g/mol. The van der Waals surface area contributed by atoms with Crippen molar-refractivity contribution in [1.82, 2.24) is 0 Å². The molecule has 0 bridgehead atoms. The summed E-state index contributed by atoms with van der Waals surface area (Å²) in [5.41, 5.74) is 1.41. The maximum atomic E-state index is 10.8. The molecule has 0 atom stereocenters. The number of carbonyl (C=O) groups is 1. The average molecular weight is 230 g/mol. The van der Waals surface area contributed by atoms with Crippen LogP contribution in [0.4, 0.5) is 0 Å². The Bertz CT molecular complexity index is 498. The van der Waals surface area contributed by atoms with Crippen molar-refractivity contribution in [3.63, 3.8) is 0 Å². The molecule has 1 spiro atoms. The molecule has 3 nitrogen and oxygen atoms in total. The normalized spacial score (nSPS) is 19.1. The van der Waals surface area contributed by atoms with E-state index >= 15 is 0 Å². The lowest BCUT2D eigenvalue weighted by molar-refractivity contribution is 0.0356. The van der Waals surface area contributed by atoms with Crippen LogP contribution in [0, 0.1) is 0 Å². The molecule has 0 amide bonds. The van der Waals surface area contributed by atoms with Crippen molar-refractivity contribution in [2.75, 3.05) is 7.11 Å². The number of ether oxygens (including phenoxy) is 2. The van der Waals surface area contributed by atoms with Crippen molar-refractivity contribution < 1.29 is 14.3 Å². The maximum absolute atomic E-state index is 10.8. The molecular formula is C14H14O3. The van der Waals surface area contributed by atoms with E-state index in [1.165, 1.54) is 6.42 Å². The summed E-state index contributed by atoms with van der Waals surface area (Å²) in [5, 5.41) is 0. The van der Waals surface area contributed by atoms with Gasteiger partial charge in [-0.3, -0.25) is 4.79 Å². The highest BCUT2D eigenvalue weighted by Gasteiger charge is 2.40. The Kier molecular flexibility index (Phi) is 2.21. The van der Waals surface area contributed by atoms with Gasteiger partial charge in [-0.1, -0.05) is 6.08 Å². The third kappa shape index (κ3) is 1.54. The van der Waals surface area contributed by atoms with Crippen LogP contribution in [0.5, 0.6) is 11.5 Å². The Morgan fingerprint density at radius 2 is 2.24 bits per heavy atom. The summed E-state index contributed by atoms with van der Waals surface area (Å²) in [7, 11) is 1.60. The molecule has 1 saturated carbocycles. The summed E-state index contributed by atoms with van der Waals surface area (Å²) < 4.78 is 11.3. The first kappa shape index (κ1) is 10.4. The minimum Gasteiger partial charge on any atom is -0.493 e. The summed E-state index contributed by atoms with van der Waals surface area (Å²) in [6, 6.07) is 3.55. The van der Waals surface area contributed by atoms with E-state index in [9.17, 15) is 4.79 Å². The van der Waals surface area contributed by atoms with Crippen LogP contribution >= 0.6 is 0 Å². The molecule has 1 aromatic carbocycles. The van der Waals surface area contributed by atoms with Crippen LogP contribution in [0.25, 0.3) is 6.08 Å². The molecule has 1 aromatic rings. The summed E-state index contributed by atoms with van der Waals surface area (Å²) in [6.07, 6.45) is 8.28. The molecule has 0 aromatic heterocycles. The molecule has 17 heavy (non-hydrogen) atoms. The number of fused-ring (bicyclic) bond motifs is 1. The highest BCUT2D eigenvalue weighted by atomic mass is 16.5. The molecule has 1 aliphatic heterocycles. The van der Waals surface area contributed by atoms with Crippen molar-refractivity contribution in [3.8, 4) is 11.5 Å². The lowest BCUT2D eigenvalue weighted by Crippen LogP contribution is -2.42. The standard InChI is InChI=1S/C14H14O3/c1-16-12-8-10(9-15)7-11-3-6-14(4-2-5-14)17-13(11)12/h3,6-9H,2,4-5H2,1H3. The van der Waals surface area contributed by atoms with Gasteiger partial charge in [0.15, 0.2) is 11.5 Å². The third-order valence-corrected chi connectivity index (χ3v) is 3.53. The number of benzene rings is 1. The number of aldehydes is 1. The summed E-state index contributed by atoms with van der Waals surface area (Å²) in [6.45, 7) is 0. The SMILES string of the molecule is COc1cc(C=O)cc2c1OC1(C=C2)CCC1. The van der Waals surface area contributed by atoms with E-state index < -0.39 is 0 Å². The number of rotatable bonds is 2.